The number of benzene rings is 1. The molecular weight excluding hydrogens is 302 g/mol. The Morgan fingerprint density at radius 1 is 1.24 bits per heavy atom. The second-order valence-corrected chi connectivity index (χ2v) is 7.12. The summed E-state index contributed by atoms with van der Waals surface area (Å²) in [5.74, 6) is 1.12. The van der Waals surface area contributed by atoms with Gasteiger partial charge in [-0.25, -0.2) is 0 Å². The predicted molar refractivity (Wildman–Crippen MR) is 93.6 cm³/mol. The molecule has 2 heterocycles. The van der Waals surface area contributed by atoms with Crippen LogP contribution in [0.15, 0.2) is 23.2 Å². The van der Waals surface area contributed by atoms with E-state index < -0.39 is 0 Å². The Morgan fingerprint density at radius 3 is 2.95 bits per heavy atom. The summed E-state index contributed by atoms with van der Waals surface area (Å²) in [6, 6.07) is 5.99. The van der Waals surface area contributed by atoms with Crippen LogP contribution in [0, 0.1) is 0 Å². The maximum absolute atomic E-state index is 6.23. The van der Waals surface area contributed by atoms with Gasteiger partial charge in [0.25, 0.3) is 0 Å². The lowest BCUT2D eigenvalue weighted by molar-refractivity contribution is 0.333. The van der Waals surface area contributed by atoms with Gasteiger partial charge in [0.15, 0.2) is 5.17 Å². The number of unbranched alkanes of at least 4 members (excludes halogenated alkanes) is 1. The molecule has 2 aliphatic rings. The highest BCUT2D eigenvalue weighted by Gasteiger charge is 2.14. The van der Waals surface area contributed by atoms with Crippen LogP contribution in [-0.2, 0) is 6.54 Å². The maximum atomic E-state index is 6.23. The lowest BCUT2D eigenvalue weighted by Gasteiger charge is -2.19. The van der Waals surface area contributed by atoms with Gasteiger partial charge in [0.1, 0.15) is 0 Å². The smallest absolute Gasteiger partial charge is 0.161 e. The summed E-state index contributed by atoms with van der Waals surface area (Å²) >= 11 is 8.05. The molecule has 0 saturated carbocycles. The van der Waals surface area contributed by atoms with Crippen molar-refractivity contribution < 1.29 is 0 Å². The first-order valence-electron chi connectivity index (χ1n) is 7.77. The molecule has 1 fully saturated rings. The van der Waals surface area contributed by atoms with Crippen molar-refractivity contribution in [1.82, 2.24) is 4.90 Å². The minimum atomic E-state index is 0.735. The van der Waals surface area contributed by atoms with Gasteiger partial charge in [0.05, 0.1) is 17.3 Å². The standard InChI is InChI=1S/C16H22ClN3S/c17-14-7-5-6-13-12-18-16(19-15(13)14)21-11-4-3-10-20-8-1-2-9-20/h5-7H,1-4,8-12H2,(H,18,19). The van der Waals surface area contributed by atoms with Crippen molar-refractivity contribution in [2.45, 2.75) is 32.2 Å². The van der Waals surface area contributed by atoms with Crippen LogP contribution in [0.3, 0.4) is 0 Å². The number of anilines is 1. The van der Waals surface area contributed by atoms with Gasteiger partial charge in [0.2, 0.25) is 0 Å². The summed E-state index contributed by atoms with van der Waals surface area (Å²) < 4.78 is 0. The van der Waals surface area contributed by atoms with Gasteiger partial charge in [-0.15, -0.1) is 0 Å². The molecule has 0 spiro atoms. The third-order valence-corrected chi connectivity index (χ3v) is 5.34. The Kier molecular flexibility index (Phi) is 5.44. The van der Waals surface area contributed by atoms with E-state index in [-0.39, 0.29) is 0 Å². The highest BCUT2D eigenvalue weighted by Crippen LogP contribution is 2.30. The normalized spacial score (nSPS) is 18.2. The van der Waals surface area contributed by atoms with Crippen LogP contribution in [0.2, 0.25) is 5.02 Å². The molecule has 2 aliphatic heterocycles. The van der Waals surface area contributed by atoms with Gasteiger partial charge >= 0.3 is 0 Å². The van der Waals surface area contributed by atoms with E-state index in [0.29, 0.717) is 0 Å². The van der Waals surface area contributed by atoms with E-state index in [9.17, 15) is 0 Å². The average molecular weight is 324 g/mol. The molecule has 0 radical (unpaired) electrons. The van der Waals surface area contributed by atoms with Crippen LogP contribution < -0.4 is 5.32 Å². The molecule has 114 valence electrons. The number of hydrogen-bond donors (Lipinski definition) is 1. The molecule has 0 amide bonds. The van der Waals surface area contributed by atoms with Crippen molar-refractivity contribution in [3.8, 4) is 0 Å². The van der Waals surface area contributed by atoms with Crippen LogP contribution in [0.4, 0.5) is 5.69 Å². The summed E-state index contributed by atoms with van der Waals surface area (Å²) in [4.78, 5) is 7.17. The zero-order chi connectivity index (χ0) is 14.5. The minimum Gasteiger partial charge on any atom is -0.333 e. The number of para-hydroxylation sites is 1. The van der Waals surface area contributed by atoms with E-state index in [4.69, 9.17) is 11.6 Å². The molecular formula is C16H22ClN3S. The summed E-state index contributed by atoms with van der Waals surface area (Å²) in [6.45, 7) is 4.60. The van der Waals surface area contributed by atoms with Crippen LogP contribution >= 0.6 is 23.4 Å². The highest BCUT2D eigenvalue weighted by molar-refractivity contribution is 8.14. The number of amidine groups is 1. The molecule has 3 nitrogen and oxygen atoms in total. The number of likely N-dealkylation sites (tertiary alicyclic amines) is 1. The quantitative estimate of drug-likeness (QED) is 0.822. The molecule has 1 saturated heterocycles. The Bertz CT molecular complexity index is 512. The van der Waals surface area contributed by atoms with Crippen molar-refractivity contribution in [2.75, 3.05) is 30.7 Å². The highest BCUT2D eigenvalue weighted by atomic mass is 35.5. The van der Waals surface area contributed by atoms with Crippen molar-refractivity contribution in [3.05, 3.63) is 28.8 Å². The summed E-state index contributed by atoms with van der Waals surface area (Å²) in [5, 5.41) is 5.17. The average Bonchev–Trinajstić information content (AvgIpc) is 3.01. The van der Waals surface area contributed by atoms with E-state index in [2.05, 4.69) is 21.3 Å². The zero-order valence-corrected chi connectivity index (χ0v) is 13.8. The molecule has 1 aromatic rings. The fourth-order valence-electron chi connectivity index (χ4n) is 2.84. The predicted octanol–water partition coefficient (Wildman–Crippen LogP) is 4.23. The number of nitrogens with zero attached hydrogens (tertiary/aromatic N) is 2. The molecule has 21 heavy (non-hydrogen) atoms. The first-order chi connectivity index (χ1) is 10.3. The van der Waals surface area contributed by atoms with Crippen LogP contribution in [0.5, 0.6) is 0 Å². The molecule has 1 aromatic carbocycles. The molecule has 0 unspecified atom stereocenters. The van der Waals surface area contributed by atoms with Crippen LogP contribution in [0.25, 0.3) is 0 Å². The Balaban J connectivity index is 1.38. The summed E-state index contributed by atoms with van der Waals surface area (Å²) in [7, 11) is 0. The molecule has 0 atom stereocenters. The van der Waals surface area contributed by atoms with Gasteiger partial charge in [0, 0.05) is 5.75 Å². The Labute approximate surface area is 136 Å². The van der Waals surface area contributed by atoms with Crippen molar-refractivity contribution in [2.24, 2.45) is 4.99 Å². The first-order valence-corrected chi connectivity index (χ1v) is 9.13. The fourth-order valence-corrected chi connectivity index (χ4v) is 3.95. The van der Waals surface area contributed by atoms with Crippen LogP contribution in [0.1, 0.15) is 31.2 Å². The second kappa shape index (κ2) is 7.52. The summed E-state index contributed by atoms with van der Waals surface area (Å²) in [5.41, 5.74) is 2.22. The Morgan fingerprint density at radius 2 is 2.10 bits per heavy atom. The molecule has 5 heteroatoms. The zero-order valence-electron chi connectivity index (χ0n) is 12.3. The van der Waals surface area contributed by atoms with Gasteiger partial charge < -0.3 is 10.2 Å². The number of rotatable bonds is 5. The van der Waals surface area contributed by atoms with Gasteiger partial charge in [-0.3, -0.25) is 4.99 Å². The fraction of sp³-hybridized carbons (Fsp3) is 0.562. The largest absolute Gasteiger partial charge is 0.333 e. The molecule has 0 aromatic heterocycles. The van der Waals surface area contributed by atoms with E-state index in [1.807, 2.05) is 23.9 Å². The number of fused-ring (bicyclic) bond motifs is 1. The second-order valence-electron chi connectivity index (χ2n) is 5.62. The summed E-state index contributed by atoms with van der Waals surface area (Å²) in [6.07, 6.45) is 5.31. The van der Waals surface area contributed by atoms with E-state index in [1.54, 1.807) is 0 Å². The number of aliphatic imine (C=N–C) groups is 1. The van der Waals surface area contributed by atoms with Crippen molar-refractivity contribution >= 4 is 34.2 Å². The van der Waals surface area contributed by atoms with E-state index in [1.165, 1.54) is 50.9 Å². The number of nitrogens with one attached hydrogen (secondary N) is 1. The van der Waals surface area contributed by atoms with E-state index >= 15 is 0 Å². The van der Waals surface area contributed by atoms with Crippen LogP contribution in [-0.4, -0.2) is 35.5 Å². The van der Waals surface area contributed by atoms with E-state index in [0.717, 1.165) is 28.2 Å². The topological polar surface area (TPSA) is 27.6 Å². The van der Waals surface area contributed by atoms with Gasteiger partial charge in [-0.2, -0.15) is 0 Å². The van der Waals surface area contributed by atoms with Gasteiger partial charge in [-0.1, -0.05) is 35.5 Å². The number of thioether (sulfide) groups is 1. The first kappa shape index (κ1) is 15.2. The van der Waals surface area contributed by atoms with Gasteiger partial charge in [-0.05, 0) is 56.9 Å². The molecule has 0 bridgehead atoms. The third kappa shape index (κ3) is 4.15. The minimum absolute atomic E-state index is 0.735. The molecule has 1 N–H and O–H groups in total. The maximum Gasteiger partial charge on any atom is 0.161 e. The SMILES string of the molecule is Clc1cccc2c1NC(SCCCCN1CCCC1)=NC2. The monoisotopic (exact) mass is 323 g/mol. The van der Waals surface area contributed by atoms with Crippen molar-refractivity contribution in [1.29, 1.82) is 0 Å². The molecule has 0 aliphatic carbocycles. The lowest BCUT2D eigenvalue weighted by Crippen LogP contribution is -2.20. The lowest BCUT2D eigenvalue weighted by atomic mass is 10.1. The number of halogens is 1. The Hall–Kier alpha value is -0.710. The third-order valence-electron chi connectivity index (χ3n) is 4.03. The number of hydrogen-bond acceptors (Lipinski definition) is 4. The molecule has 3 rings (SSSR count). The van der Waals surface area contributed by atoms with Crippen molar-refractivity contribution in [3.63, 3.8) is 0 Å².